The highest BCUT2D eigenvalue weighted by Gasteiger charge is 2.33. The zero-order chi connectivity index (χ0) is 22.7. The molecule has 3 atom stereocenters. The highest BCUT2D eigenvalue weighted by Crippen LogP contribution is 2.13. The van der Waals surface area contributed by atoms with E-state index >= 15 is 0 Å². The van der Waals surface area contributed by atoms with Crippen molar-refractivity contribution < 1.29 is 33.4 Å². The van der Waals surface area contributed by atoms with E-state index in [1.807, 2.05) is 30.3 Å². The highest BCUT2D eigenvalue weighted by atomic mass is 16.5. The van der Waals surface area contributed by atoms with Gasteiger partial charge in [0.05, 0.1) is 20.6 Å². The summed E-state index contributed by atoms with van der Waals surface area (Å²) >= 11 is 0. The Morgan fingerprint density at radius 2 is 1.53 bits per heavy atom. The molecule has 0 heterocycles. The SMILES string of the molecule is COC(=O)C[C@@H](C)[C@H](NC(=O)[C@H](NC(=O)OCc1ccccc1)C(C)C)C(=O)OC. The van der Waals surface area contributed by atoms with E-state index in [4.69, 9.17) is 9.47 Å². The van der Waals surface area contributed by atoms with E-state index in [0.29, 0.717) is 0 Å². The van der Waals surface area contributed by atoms with E-state index in [1.54, 1.807) is 20.8 Å². The molecule has 0 saturated heterocycles. The van der Waals surface area contributed by atoms with Crippen molar-refractivity contribution in [2.75, 3.05) is 14.2 Å². The molecule has 0 aromatic heterocycles. The Kier molecular flexibility index (Phi) is 10.4. The average Bonchev–Trinajstić information content (AvgIpc) is 2.73. The average molecular weight is 422 g/mol. The molecule has 0 bridgehead atoms. The monoisotopic (exact) mass is 422 g/mol. The molecule has 166 valence electrons. The number of carbonyl (C=O) groups excluding carboxylic acids is 4. The van der Waals surface area contributed by atoms with E-state index in [1.165, 1.54) is 14.2 Å². The Labute approximate surface area is 176 Å². The first kappa shape index (κ1) is 24.9. The van der Waals surface area contributed by atoms with Crippen LogP contribution in [0.3, 0.4) is 0 Å². The molecule has 0 spiro atoms. The molecule has 0 aliphatic heterocycles. The standard InChI is InChI=1S/C21H30N2O7/c1-13(2)17(23-21(27)30-12-15-9-7-6-8-10-15)19(25)22-18(20(26)29-5)14(3)11-16(24)28-4/h6-10,13-14,17-18H,11-12H2,1-5H3,(H,22,25)(H,23,27)/t14-,17-,18+/m1/s1. The van der Waals surface area contributed by atoms with Crippen molar-refractivity contribution in [1.82, 2.24) is 10.6 Å². The molecule has 2 amide bonds. The topological polar surface area (TPSA) is 120 Å². The Morgan fingerprint density at radius 3 is 2.07 bits per heavy atom. The number of alkyl carbamates (subject to hydrolysis) is 1. The fraction of sp³-hybridized carbons (Fsp3) is 0.524. The molecule has 2 N–H and O–H groups in total. The van der Waals surface area contributed by atoms with Crippen LogP contribution in [0.5, 0.6) is 0 Å². The van der Waals surface area contributed by atoms with E-state index in [2.05, 4.69) is 15.4 Å². The maximum Gasteiger partial charge on any atom is 0.408 e. The number of rotatable bonds is 10. The lowest BCUT2D eigenvalue weighted by atomic mass is 9.96. The normalized spacial score (nSPS) is 13.5. The molecule has 0 fully saturated rings. The van der Waals surface area contributed by atoms with E-state index < -0.39 is 41.9 Å². The second-order valence-corrected chi connectivity index (χ2v) is 7.19. The summed E-state index contributed by atoms with van der Waals surface area (Å²) in [5, 5.41) is 5.09. The van der Waals surface area contributed by atoms with Crippen LogP contribution in [0.1, 0.15) is 32.8 Å². The first-order chi connectivity index (χ1) is 14.2. The maximum absolute atomic E-state index is 12.8. The number of benzene rings is 1. The lowest BCUT2D eigenvalue weighted by Crippen LogP contribution is -2.55. The Hall–Kier alpha value is -3.10. The van der Waals surface area contributed by atoms with Gasteiger partial charge in [0.25, 0.3) is 0 Å². The summed E-state index contributed by atoms with van der Waals surface area (Å²) in [5.41, 5.74) is 0.806. The number of methoxy groups -OCH3 is 2. The van der Waals surface area contributed by atoms with Gasteiger partial charge in [-0.3, -0.25) is 9.59 Å². The molecule has 1 rings (SSSR count). The van der Waals surface area contributed by atoms with Gasteiger partial charge in [-0.2, -0.15) is 0 Å². The van der Waals surface area contributed by atoms with Gasteiger partial charge in [-0.05, 0) is 17.4 Å². The molecule has 0 saturated carbocycles. The number of ether oxygens (including phenoxy) is 3. The van der Waals surface area contributed by atoms with Crippen LogP contribution >= 0.6 is 0 Å². The molecular formula is C21H30N2O7. The predicted octanol–water partition coefficient (Wildman–Crippen LogP) is 1.79. The molecule has 30 heavy (non-hydrogen) atoms. The van der Waals surface area contributed by atoms with Gasteiger partial charge in [-0.15, -0.1) is 0 Å². The summed E-state index contributed by atoms with van der Waals surface area (Å²) in [6.45, 7) is 5.16. The van der Waals surface area contributed by atoms with Gasteiger partial charge in [0, 0.05) is 0 Å². The number of amides is 2. The summed E-state index contributed by atoms with van der Waals surface area (Å²) in [5.74, 6) is -2.67. The molecule has 1 aromatic carbocycles. The zero-order valence-corrected chi connectivity index (χ0v) is 18.0. The van der Waals surface area contributed by atoms with Crippen molar-refractivity contribution in [2.24, 2.45) is 11.8 Å². The number of nitrogens with one attached hydrogen (secondary N) is 2. The van der Waals surface area contributed by atoms with Gasteiger partial charge in [0.2, 0.25) is 5.91 Å². The van der Waals surface area contributed by atoms with Gasteiger partial charge in [0.15, 0.2) is 0 Å². The summed E-state index contributed by atoms with van der Waals surface area (Å²) in [4.78, 5) is 48.6. The highest BCUT2D eigenvalue weighted by molar-refractivity contribution is 5.90. The van der Waals surface area contributed by atoms with Crippen LogP contribution in [0.15, 0.2) is 30.3 Å². The third-order valence-corrected chi connectivity index (χ3v) is 4.47. The lowest BCUT2D eigenvalue weighted by molar-refractivity contribution is -0.148. The van der Waals surface area contributed by atoms with Crippen LogP contribution in [0.4, 0.5) is 4.79 Å². The number of hydrogen-bond donors (Lipinski definition) is 2. The summed E-state index contributed by atoms with van der Waals surface area (Å²) in [6, 6.07) is 7.08. The third-order valence-electron chi connectivity index (χ3n) is 4.47. The van der Waals surface area contributed by atoms with Crippen LogP contribution < -0.4 is 10.6 Å². The first-order valence-electron chi connectivity index (χ1n) is 9.61. The minimum atomic E-state index is -1.08. The van der Waals surface area contributed by atoms with Crippen molar-refractivity contribution in [3.05, 3.63) is 35.9 Å². The predicted molar refractivity (Wildman–Crippen MR) is 108 cm³/mol. The first-order valence-corrected chi connectivity index (χ1v) is 9.61. The largest absolute Gasteiger partial charge is 0.469 e. The molecule has 9 nitrogen and oxygen atoms in total. The maximum atomic E-state index is 12.8. The molecule has 0 unspecified atom stereocenters. The number of carbonyl (C=O) groups is 4. The number of hydrogen-bond acceptors (Lipinski definition) is 7. The van der Waals surface area contributed by atoms with Gasteiger partial charge < -0.3 is 24.8 Å². The van der Waals surface area contributed by atoms with Crippen LogP contribution in [0, 0.1) is 11.8 Å². The van der Waals surface area contributed by atoms with E-state index in [-0.39, 0.29) is 18.9 Å². The van der Waals surface area contributed by atoms with Gasteiger partial charge in [0.1, 0.15) is 18.7 Å². The third kappa shape index (κ3) is 8.10. The van der Waals surface area contributed by atoms with Crippen LogP contribution in [-0.4, -0.2) is 50.2 Å². The Morgan fingerprint density at radius 1 is 0.900 bits per heavy atom. The van der Waals surface area contributed by atoms with Gasteiger partial charge in [-0.25, -0.2) is 9.59 Å². The molecule has 1 aromatic rings. The smallest absolute Gasteiger partial charge is 0.408 e. The van der Waals surface area contributed by atoms with Crippen LogP contribution in [0.2, 0.25) is 0 Å². The summed E-state index contributed by atoms with van der Waals surface area (Å²) in [6.07, 6.45) is -0.847. The second-order valence-electron chi connectivity index (χ2n) is 7.19. The molecule has 0 radical (unpaired) electrons. The fourth-order valence-electron chi connectivity index (χ4n) is 2.69. The van der Waals surface area contributed by atoms with Crippen LogP contribution in [0.25, 0.3) is 0 Å². The lowest BCUT2D eigenvalue weighted by Gasteiger charge is -2.27. The van der Waals surface area contributed by atoms with E-state index in [0.717, 1.165) is 5.56 Å². The van der Waals surface area contributed by atoms with Crippen molar-refractivity contribution in [2.45, 2.75) is 45.9 Å². The quantitative estimate of drug-likeness (QED) is 0.436. The minimum absolute atomic E-state index is 0.0556. The minimum Gasteiger partial charge on any atom is -0.469 e. The zero-order valence-electron chi connectivity index (χ0n) is 18.0. The molecule has 9 heteroatoms. The van der Waals surface area contributed by atoms with Crippen molar-refractivity contribution in [3.63, 3.8) is 0 Å². The van der Waals surface area contributed by atoms with Crippen molar-refractivity contribution >= 4 is 23.9 Å². The van der Waals surface area contributed by atoms with Gasteiger partial charge in [-0.1, -0.05) is 51.1 Å². The Bertz CT molecular complexity index is 721. The summed E-state index contributed by atoms with van der Waals surface area (Å²) < 4.78 is 14.5. The molecular weight excluding hydrogens is 392 g/mol. The Balaban J connectivity index is 2.78. The fourth-order valence-corrected chi connectivity index (χ4v) is 2.69. The van der Waals surface area contributed by atoms with Gasteiger partial charge >= 0.3 is 18.0 Å². The van der Waals surface area contributed by atoms with Crippen molar-refractivity contribution in [3.8, 4) is 0 Å². The molecule has 0 aliphatic carbocycles. The number of esters is 2. The molecule has 0 aliphatic rings. The summed E-state index contributed by atoms with van der Waals surface area (Å²) in [7, 11) is 2.42. The van der Waals surface area contributed by atoms with Crippen molar-refractivity contribution in [1.29, 1.82) is 0 Å². The second kappa shape index (κ2) is 12.5. The van der Waals surface area contributed by atoms with E-state index in [9.17, 15) is 19.2 Å². The van der Waals surface area contributed by atoms with Crippen LogP contribution in [-0.2, 0) is 35.2 Å².